The average molecular weight is 360 g/mol. The molecule has 3 aromatic rings. The zero-order valence-electron chi connectivity index (χ0n) is 15.4. The van der Waals surface area contributed by atoms with Gasteiger partial charge in [0, 0.05) is 11.5 Å². The second-order valence-corrected chi connectivity index (χ2v) is 7.32. The molecule has 2 heteroatoms. The highest BCUT2D eigenvalue weighted by molar-refractivity contribution is 5.87. The van der Waals surface area contributed by atoms with Crippen LogP contribution < -0.4 is 0 Å². The van der Waals surface area contributed by atoms with E-state index < -0.39 is 11.6 Å². The van der Waals surface area contributed by atoms with E-state index in [1.165, 1.54) is 28.0 Å². The molecule has 0 heterocycles. The van der Waals surface area contributed by atoms with Crippen molar-refractivity contribution in [3.05, 3.63) is 82.9 Å². The molecule has 0 saturated heterocycles. The van der Waals surface area contributed by atoms with Crippen LogP contribution in [0, 0.1) is 29.4 Å². The summed E-state index contributed by atoms with van der Waals surface area (Å²) in [6.07, 6.45) is 4.44. The molecule has 1 aliphatic carbocycles. The Hall–Kier alpha value is -2.66. The third kappa shape index (κ3) is 3.47. The van der Waals surface area contributed by atoms with E-state index in [2.05, 4.69) is 55.2 Å². The van der Waals surface area contributed by atoms with Gasteiger partial charge in [-0.3, -0.25) is 0 Å². The number of hydrogen-bond acceptors (Lipinski definition) is 0. The van der Waals surface area contributed by atoms with Crippen molar-refractivity contribution in [3.8, 4) is 11.8 Å². The smallest absolute Gasteiger partial charge is 0.160 e. The lowest BCUT2D eigenvalue weighted by molar-refractivity contribution is 0.394. The summed E-state index contributed by atoms with van der Waals surface area (Å²) < 4.78 is 26.7. The summed E-state index contributed by atoms with van der Waals surface area (Å²) in [5.41, 5.74) is 3.22. The third-order valence-corrected chi connectivity index (χ3v) is 5.60. The second kappa shape index (κ2) is 7.53. The van der Waals surface area contributed by atoms with Crippen molar-refractivity contribution in [3.63, 3.8) is 0 Å². The molecule has 136 valence electrons. The van der Waals surface area contributed by atoms with Gasteiger partial charge in [-0.15, -0.1) is 0 Å². The van der Waals surface area contributed by atoms with Crippen LogP contribution in [0.4, 0.5) is 8.78 Å². The minimum absolute atomic E-state index is 0.131. The normalized spacial score (nSPS) is 18.6. The minimum atomic E-state index is -0.845. The lowest BCUT2D eigenvalue weighted by Gasteiger charge is -2.31. The predicted octanol–water partition coefficient (Wildman–Crippen LogP) is 6.62. The Bertz CT molecular complexity index is 1040. The fraction of sp³-hybridized carbons (Fsp3) is 0.280. The number of benzene rings is 3. The predicted molar refractivity (Wildman–Crippen MR) is 107 cm³/mol. The van der Waals surface area contributed by atoms with Gasteiger partial charge in [0.25, 0.3) is 0 Å². The Balaban J connectivity index is 1.78. The molecule has 0 saturated carbocycles. The largest absolute Gasteiger partial charge is 0.204 e. The highest BCUT2D eigenvalue weighted by Crippen LogP contribution is 2.41. The van der Waals surface area contributed by atoms with Gasteiger partial charge in [-0.05, 0) is 65.3 Å². The summed E-state index contributed by atoms with van der Waals surface area (Å²) in [6, 6.07) is 16.8. The number of rotatable bonds is 2. The molecule has 27 heavy (non-hydrogen) atoms. The Morgan fingerprint density at radius 1 is 1.00 bits per heavy atom. The van der Waals surface area contributed by atoms with Crippen molar-refractivity contribution in [2.45, 2.75) is 38.5 Å². The zero-order chi connectivity index (χ0) is 18.8. The first kappa shape index (κ1) is 17.7. The maximum absolute atomic E-state index is 13.5. The molecule has 0 bridgehead atoms. The number of hydrogen-bond donors (Lipinski definition) is 0. The van der Waals surface area contributed by atoms with Gasteiger partial charge in [-0.1, -0.05) is 61.6 Å². The molecule has 0 fully saturated rings. The van der Waals surface area contributed by atoms with Gasteiger partial charge >= 0.3 is 0 Å². The molecular formula is C25H22F2. The van der Waals surface area contributed by atoms with E-state index in [4.69, 9.17) is 0 Å². The molecule has 4 rings (SSSR count). The molecule has 0 aliphatic heterocycles. The summed E-state index contributed by atoms with van der Waals surface area (Å²) in [7, 11) is 0. The Kier molecular flexibility index (Phi) is 4.94. The lowest BCUT2D eigenvalue weighted by atomic mass is 9.72. The van der Waals surface area contributed by atoms with Crippen LogP contribution in [0.25, 0.3) is 10.8 Å². The molecule has 0 spiro atoms. The summed E-state index contributed by atoms with van der Waals surface area (Å²) in [5.74, 6) is 5.46. The first-order valence-corrected chi connectivity index (χ1v) is 9.64. The monoisotopic (exact) mass is 360 g/mol. The van der Waals surface area contributed by atoms with Gasteiger partial charge in [0.1, 0.15) is 0 Å². The topological polar surface area (TPSA) is 0 Å². The van der Waals surface area contributed by atoms with E-state index >= 15 is 0 Å². The van der Waals surface area contributed by atoms with Gasteiger partial charge in [0.15, 0.2) is 11.6 Å². The maximum atomic E-state index is 13.5. The first-order chi connectivity index (χ1) is 13.2. The fourth-order valence-corrected chi connectivity index (χ4v) is 4.29. The quantitative estimate of drug-likeness (QED) is 0.451. The van der Waals surface area contributed by atoms with Crippen LogP contribution in [0.5, 0.6) is 0 Å². The Morgan fingerprint density at radius 2 is 1.85 bits per heavy atom. The van der Waals surface area contributed by atoms with Crippen LogP contribution in [-0.2, 0) is 6.42 Å². The second-order valence-electron chi connectivity index (χ2n) is 7.32. The summed E-state index contributed by atoms with van der Waals surface area (Å²) >= 11 is 0. The Labute approximate surface area is 159 Å². The van der Waals surface area contributed by atoms with Gasteiger partial charge < -0.3 is 0 Å². The molecule has 0 amide bonds. The summed E-state index contributed by atoms with van der Waals surface area (Å²) in [4.78, 5) is 0. The summed E-state index contributed by atoms with van der Waals surface area (Å²) in [6.45, 7) is 2.20. The molecule has 0 N–H and O–H groups in total. The Morgan fingerprint density at radius 3 is 2.67 bits per heavy atom. The van der Waals surface area contributed by atoms with Crippen molar-refractivity contribution >= 4 is 10.8 Å². The van der Waals surface area contributed by atoms with Crippen molar-refractivity contribution in [1.82, 2.24) is 0 Å². The molecule has 0 nitrogen and oxygen atoms in total. The highest BCUT2D eigenvalue weighted by atomic mass is 19.2. The van der Waals surface area contributed by atoms with Crippen LogP contribution in [0.15, 0.2) is 54.6 Å². The van der Waals surface area contributed by atoms with Crippen molar-refractivity contribution in [1.29, 1.82) is 0 Å². The molecule has 2 atom stereocenters. The molecule has 1 aliphatic rings. The molecule has 3 aromatic carbocycles. The molecular weight excluding hydrogens is 338 g/mol. The van der Waals surface area contributed by atoms with Crippen LogP contribution in [-0.4, -0.2) is 0 Å². The number of halogens is 2. The van der Waals surface area contributed by atoms with Gasteiger partial charge in [-0.2, -0.15) is 0 Å². The van der Waals surface area contributed by atoms with Crippen LogP contribution in [0.2, 0.25) is 0 Å². The van der Waals surface area contributed by atoms with Crippen molar-refractivity contribution < 1.29 is 8.78 Å². The maximum Gasteiger partial charge on any atom is 0.160 e. The number of fused-ring (bicyclic) bond motifs is 3. The highest BCUT2D eigenvalue weighted by Gasteiger charge is 2.28. The van der Waals surface area contributed by atoms with E-state index in [1.807, 2.05) is 0 Å². The minimum Gasteiger partial charge on any atom is -0.204 e. The molecule has 0 radical (unpaired) electrons. The van der Waals surface area contributed by atoms with E-state index in [9.17, 15) is 8.78 Å². The van der Waals surface area contributed by atoms with Crippen molar-refractivity contribution in [2.75, 3.05) is 0 Å². The van der Waals surface area contributed by atoms with E-state index in [-0.39, 0.29) is 5.92 Å². The lowest BCUT2D eigenvalue weighted by Crippen LogP contribution is -2.20. The number of aryl methyl sites for hydroxylation is 1. The fourth-order valence-electron chi connectivity index (χ4n) is 4.29. The van der Waals surface area contributed by atoms with Crippen LogP contribution in [0.1, 0.15) is 48.8 Å². The summed E-state index contributed by atoms with van der Waals surface area (Å²) in [5, 5.41) is 2.57. The first-order valence-electron chi connectivity index (χ1n) is 9.64. The van der Waals surface area contributed by atoms with E-state index in [1.54, 1.807) is 6.07 Å². The van der Waals surface area contributed by atoms with E-state index in [0.29, 0.717) is 11.5 Å². The molecule has 0 aromatic heterocycles. The SMILES string of the molecule is CCCC1CCc2c(ccc3ccccc23)C1C#Cc1ccc(F)c(F)c1. The van der Waals surface area contributed by atoms with Gasteiger partial charge in [0.2, 0.25) is 0 Å². The third-order valence-electron chi connectivity index (χ3n) is 5.60. The van der Waals surface area contributed by atoms with Crippen molar-refractivity contribution in [2.24, 2.45) is 5.92 Å². The van der Waals surface area contributed by atoms with Gasteiger partial charge in [-0.25, -0.2) is 8.78 Å². The average Bonchev–Trinajstić information content (AvgIpc) is 2.69. The zero-order valence-corrected chi connectivity index (χ0v) is 15.4. The van der Waals surface area contributed by atoms with Crippen LogP contribution in [0.3, 0.4) is 0 Å². The molecule has 2 unspecified atom stereocenters. The van der Waals surface area contributed by atoms with Crippen LogP contribution >= 0.6 is 0 Å². The van der Waals surface area contributed by atoms with E-state index in [0.717, 1.165) is 31.7 Å². The standard InChI is InChI=1S/C25H22F2/c1-2-5-18-10-13-22-20-7-4-3-6-19(20)11-14-23(22)21(18)12-8-17-9-15-24(26)25(27)16-17/h3-4,6-7,9,11,14-16,18,21H,2,5,10,13H2,1H3. The van der Waals surface area contributed by atoms with Gasteiger partial charge in [0.05, 0.1) is 0 Å².